The first-order valence-corrected chi connectivity index (χ1v) is 15.7. The van der Waals surface area contributed by atoms with Crippen LogP contribution in [0.5, 0.6) is 0 Å². The summed E-state index contributed by atoms with van der Waals surface area (Å²) in [5.74, 6) is 0.634. The van der Waals surface area contributed by atoms with Crippen molar-refractivity contribution in [1.29, 1.82) is 0 Å². The standard InChI is InChI=1S/C30H38N4O5S/c1-20(2)40(38,39)24-15-13-22(14-16-24)25-11-7-8-12-26(25)34-28(35)32-27(31-23-9-5-4-6-10-23)30(34)17-18-33(29(36)37)21(3)19-30/h7-8,11-16,20-21,23H,4-6,9-10,17-19H2,1-3H3,(H,36,37)(H,31,32,35)/t21-,30+/m1/s1. The van der Waals surface area contributed by atoms with E-state index in [4.69, 9.17) is 0 Å². The number of benzene rings is 2. The number of carboxylic acid groups (broad SMARTS) is 1. The van der Waals surface area contributed by atoms with E-state index in [1.807, 2.05) is 31.2 Å². The third-order valence-corrected chi connectivity index (χ3v) is 10.8. The topological polar surface area (TPSA) is 119 Å². The molecular weight excluding hydrogens is 528 g/mol. The molecule has 214 valence electrons. The second-order valence-corrected chi connectivity index (χ2v) is 14.0. The Morgan fingerprint density at radius 3 is 2.38 bits per heavy atom. The number of likely N-dealkylation sites (tertiary alicyclic amines) is 1. The Bertz CT molecular complexity index is 1420. The van der Waals surface area contributed by atoms with Gasteiger partial charge in [0, 0.05) is 24.2 Å². The summed E-state index contributed by atoms with van der Waals surface area (Å²) < 4.78 is 25.4. The van der Waals surface area contributed by atoms with E-state index in [1.54, 1.807) is 43.0 Å². The van der Waals surface area contributed by atoms with Crippen molar-refractivity contribution in [1.82, 2.24) is 10.2 Å². The highest BCUT2D eigenvalue weighted by molar-refractivity contribution is 7.92. The molecule has 1 spiro atoms. The van der Waals surface area contributed by atoms with Gasteiger partial charge in [0.05, 0.1) is 15.8 Å². The van der Waals surface area contributed by atoms with Gasteiger partial charge < -0.3 is 15.3 Å². The highest BCUT2D eigenvalue weighted by atomic mass is 32.2. The number of nitrogens with one attached hydrogen (secondary N) is 1. The summed E-state index contributed by atoms with van der Waals surface area (Å²) in [4.78, 5) is 33.7. The molecule has 3 amide bonds. The third kappa shape index (κ3) is 4.98. The smallest absolute Gasteiger partial charge is 0.407 e. The lowest BCUT2D eigenvalue weighted by Crippen LogP contribution is -2.64. The van der Waals surface area contributed by atoms with Crippen LogP contribution in [-0.4, -0.2) is 65.8 Å². The number of piperidine rings is 1. The molecule has 9 nitrogen and oxygen atoms in total. The number of hydrogen-bond donors (Lipinski definition) is 2. The van der Waals surface area contributed by atoms with Crippen molar-refractivity contribution in [2.75, 3.05) is 11.4 Å². The lowest BCUT2D eigenvalue weighted by atomic mass is 9.80. The van der Waals surface area contributed by atoms with Gasteiger partial charge in [-0.25, -0.2) is 18.0 Å². The molecule has 1 aliphatic carbocycles. The molecule has 0 aromatic heterocycles. The van der Waals surface area contributed by atoms with Gasteiger partial charge in [0.15, 0.2) is 9.84 Å². The van der Waals surface area contributed by atoms with Crippen molar-refractivity contribution in [2.24, 2.45) is 4.99 Å². The summed E-state index contributed by atoms with van der Waals surface area (Å²) in [7, 11) is -3.42. The number of amidine groups is 1. The highest BCUT2D eigenvalue weighted by Gasteiger charge is 2.55. The van der Waals surface area contributed by atoms with Crippen LogP contribution in [0.3, 0.4) is 0 Å². The monoisotopic (exact) mass is 566 g/mol. The molecule has 0 bridgehead atoms. The quantitative estimate of drug-likeness (QED) is 0.479. The summed E-state index contributed by atoms with van der Waals surface area (Å²) in [5, 5.41) is 12.9. The first kappa shape index (κ1) is 28.1. The molecular formula is C30H38N4O5S. The van der Waals surface area contributed by atoms with Gasteiger partial charge in [-0.1, -0.05) is 49.6 Å². The fraction of sp³-hybridized carbons (Fsp3) is 0.500. The van der Waals surface area contributed by atoms with Crippen LogP contribution < -0.4 is 10.2 Å². The molecule has 40 heavy (non-hydrogen) atoms. The van der Waals surface area contributed by atoms with E-state index in [9.17, 15) is 23.1 Å². The van der Waals surface area contributed by atoms with Crippen LogP contribution in [0.15, 0.2) is 58.4 Å². The second kappa shape index (κ2) is 10.9. The van der Waals surface area contributed by atoms with Gasteiger partial charge in [-0.2, -0.15) is 4.99 Å². The first-order valence-electron chi connectivity index (χ1n) is 14.2. The van der Waals surface area contributed by atoms with Crippen molar-refractivity contribution in [3.05, 3.63) is 48.5 Å². The molecule has 2 N–H and O–H groups in total. The Kier molecular flexibility index (Phi) is 7.65. The molecule has 0 radical (unpaired) electrons. The van der Waals surface area contributed by atoms with E-state index in [0.717, 1.165) is 36.8 Å². The molecule has 1 saturated heterocycles. The molecule has 2 aromatic carbocycles. The number of amides is 3. The number of rotatable bonds is 5. The number of anilines is 1. The zero-order valence-corrected chi connectivity index (χ0v) is 24.2. The van der Waals surface area contributed by atoms with Crippen LogP contribution in [-0.2, 0) is 9.84 Å². The number of hydrogen-bond acceptors (Lipinski definition) is 5. The number of carbonyl (C=O) groups excluding carboxylic acids is 1. The lowest BCUT2D eigenvalue weighted by molar-refractivity contribution is 0.0995. The molecule has 0 unspecified atom stereocenters. The molecule has 2 atom stereocenters. The van der Waals surface area contributed by atoms with E-state index in [0.29, 0.717) is 24.4 Å². The minimum absolute atomic E-state index is 0.232. The molecule has 10 heteroatoms. The summed E-state index contributed by atoms with van der Waals surface area (Å²) in [6, 6.07) is 13.9. The normalized spacial score (nSPS) is 24.1. The molecule has 5 rings (SSSR count). The molecule has 2 fully saturated rings. The predicted octanol–water partition coefficient (Wildman–Crippen LogP) is 5.70. The van der Waals surface area contributed by atoms with E-state index in [-0.39, 0.29) is 29.6 Å². The summed E-state index contributed by atoms with van der Waals surface area (Å²) >= 11 is 0. The van der Waals surface area contributed by atoms with E-state index < -0.39 is 26.7 Å². The molecule has 1 saturated carbocycles. The highest BCUT2D eigenvalue weighted by Crippen LogP contribution is 2.44. The average molecular weight is 567 g/mol. The number of carbonyl (C=O) groups is 2. The lowest BCUT2D eigenvalue weighted by Gasteiger charge is -2.48. The second-order valence-electron chi connectivity index (χ2n) is 11.5. The van der Waals surface area contributed by atoms with Gasteiger partial charge in [0.1, 0.15) is 11.4 Å². The zero-order chi connectivity index (χ0) is 28.7. The minimum Gasteiger partial charge on any atom is -0.465 e. The van der Waals surface area contributed by atoms with Crippen molar-refractivity contribution >= 4 is 33.5 Å². The maximum absolute atomic E-state index is 13.8. The molecule has 2 aliphatic heterocycles. The first-order chi connectivity index (χ1) is 19.0. The van der Waals surface area contributed by atoms with E-state index >= 15 is 0 Å². The van der Waals surface area contributed by atoms with Crippen LogP contribution in [0.1, 0.15) is 65.7 Å². The Balaban J connectivity index is 1.56. The summed E-state index contributed by atoms with van der Waals surface area (Å²) in [6.45, 7) is 5.49. The average Bonchev–Trinajstić information content (AvgIpc) is 3.18. The van der Waals surface area contributed by atoms with Crippen LogP contribution in [0.2, 0.25) is 0 Å². The molecule has 2 heterocycles. The molecule has 3 aliphatic rings. The largest absolute Gasteiger partial charge is 0.465 e. The van der Waals surface area contributed by atoms with Gasteiger partial charge in [0.2, 0.25) is 0 Å². The molecule has 2 aromatic rings. The van der Waals surface area contributed by atoms with Gasteiger partial charge in [-0.05, 0) is 70.2 Å². The van der Waals surface area contributed by atoms with Gasteiger partial charge in [-0.15, -0.1) is 0 Å². The number of urea groups is 1. The van der Waals surface area contributed by atoms with Crippen molar-refractivity contribution < 1.29 is 23.1 Å². The van der Waals surface area contributed by atoms with E-state index in [2.05, 4.69) is 10.3 Å². The Labute approximate surface area is 236 Å². The number of sulfone groups is 1. The summed E-state index contributed by atoms with van der Waals surface area (Å²) in [5.41, 5.74) is 1.43. The fourth-order valence-corrected chi connectivity index (χ4v) is 7.48. The third-order valence-electron chi connectivity index (χ3n) is 8.65. The van der Waals surface area contributed by atoms with Crippen LogP contribution in [0, 0.1) is 0 Å². The summed E-state index contributed by atoms with van der Waals surface area (Å²) in [6.07, 6.45) is 5.38. The van der Waals surface area contributed by atoms with Gasteiger partial charge in [-0.3, -0.25) is 4.90 Å². The van der Waals surface area contributed by atoms with Crippen molar-refractivity contribution in [3.63, 3.8) is 0 Å². The number of para-hydroxylation sites is 1. The predicted molar refractivity (Wildman–Crippen MR) is 156 cm³/mol. The van der Waals surface area contributed by atoms with Crippen LogP contribution in [0.25, 0.3) is 11.1 Å². The van der Waals surface area contributed by atoms with Crippen LogP contribution in [0.4, 0.5) is 15.3 Å². The Morgan fingerprint density at radius 2 is 1.75 bits per heavy atom. The maximum Gasteiger partial charge on any atom is 0.407 e. The van der Waals surface area contributed by atoms with Gasteiger partial charge in [0.25, 0.3) is 0 Å². The van der Waals surface area contributed by atoms with Gasteiger partial charge >= 0.3 is 12.1 Å². The fourth-order valence-electron chi connectivity index (χ4n) is 6.42. The Hall–Kier alpha value is -3.40. The van der Waals surface area contributed by atoms with E-state index in [1.165, 1.54) is 11.3 Å². The maximum atomic E-state index is 13.8. The number of aliphatic imine (C=N–C) groups is 1. The minimum atomic E-state index is -3.42. The van der Waals surface area contributed by atoms with Crippen molar-refractivity contribution in [3.8, 4) is 11.1 Å². The Morgan fingerprint density at radius 1 is 1.07 bits per heavy atom. The number of nitrogens with zero attached hydrogens (tertiary/aromatic N) is 3. The van der Waals surface area contributed by atoms with Crippen molar-refractivity contribution in [2.45, 2.75) is 93.5 Å². The SMILES string of the molecule is CC(C)S(=O)(=O)c1ccc(-c2ccccc2N2C(=O)N=C(NC3CCCCC3)[C@@]23CCN(C(=O)O)[C@H](C)C3)cc1. The zero-order valence-electron chi connectivity index (χ0n) is 23.3. The van der Waals surface area contributed by atoms with Crippen LogP contribution >= 0.6 is 0 Å².